The maximum atomic E-state index is 13.2. The summed E-state index contributed by atoms with van der Waals surface area (Å²) in [5.74, 6) is -0.176. The molecule has 1 aliphatic rings. The van der Waals surface area contributed by atoms with Crippen LogP contribution >= 0.6 is 11.8 Å². The van der Waals surface area contributed by atoms with Crippen molar-refractivity contribution in [2.24, 2.45) is 4.99 Å². The van der Waals surface area contributed by atoms with Gasteiger partial charge in [-0.1, -0.05) is 30.3 Å². The highest BCUT2D eigenvalue weighted by Gasteiger charge is 2.32. The molecule has 6 nitrogen and oxygen atoms in total. The monoisotopic (exact) mass is 475 g/mol. The van der Waals surface area contributed by atoms with E-state index in [9.17, 15) is 14.0 Å². The maximum absolute atomic E-state index is 13.2. The number of aliphatic imine (C=N–C) groups is 1. The summed E-state index contributed by atoms with van der Waals surface area (Å²) in [6, 6.07) is 22.1. The number of amidine groups is 1. The molecule has 2 amide bonds. The van der Waals surface area contributed by atoms with Crippen molar-refractivity contribution in [1.29, 1.82) is 0 Å². The van der Waals surface area contributed by atoms with Crippen molar-refractivity contribution < 1.29 is 18.7 Å². The van der Waals surface area contributed by atoms with Crippen LogP contribution in [-0.4, -0.2) is 35.0 Å². The summed E-state index contributed by atoms with van der Waals surface area (Å²) >= 11 is 1.27. The molecule has 0 aliphatic carbocycles. The Bertz CT molecular complexity index is 1230. The third kappa shape index (κ3) is 5.90. The van der Waals surface area contributed by atoms with Crippen LogP contribution in [0, 0.1) is 5.82 Å². The fourth-order valence-corrected chi connectivity index (χ4v) is 4.24. The number of para-hydroxylation sites is 1. The molecule has 0 atom stereocenters. The number of nitrogens with zero attached hydrogens (tertiary/aromatic N) is 2. The summed E-state index contributed by atoms with van der Waals surface area (Å²) in [5, 5.41) is 3.31. The first-order valence-corrected chi connectivity index (χ1v) is 11.5. The van der Waals surface area contributed by atoms with Crippen molar-refractivity contribution in [1.82, 2.24) is 4.90 Å². The van der Waals surface area contributed by atoms with Crippen LogP contribution in [0.3, 0.4) is 0 Å². The van der Waals surface area contributed by atoms with E-state index in [4.69, 9.17) is 4.74 Å². The van der Waals surface area contributed by atoms with Gasteiger partial charge >= 0.3 is 0 Å². The van der Waals surface area contributed by atoms with Gasteiger partial charge in [0.25, 0.3) is 11.8 Å². The second kappa shape index (κ2) is 10.8. The van der Waals surface area contributed by atoms with Crippen molar-refractivity contribution >= 4 is 46.2 Å². The number of halogens is 1. The molecule has 0 radical (unpaired) electrons. The number of hydrogen-bond donors (Lipinski definition) is 1. The third-order valence-corrected chi connectivity index (χ3v) is 5.87. The SMILES string of the molecule is CCN1C(=O)/C(=C\c2ccc(OCC(=O)Nc3ccccc3)cc2)SC1=Nc1ccc(F)cc1. The molecule has 1 N–H and O–H groups in total. The van der Waals surface area contributed by atoms with Gasteiger partial charge in [-0.15, -0.1) is 0 Å². The average molecular weight is 476 g/mol. The number of amides is 2. The highest BCUT2D eigenvalue weighted by atomic mass is 32.2. The van der Waals surface area contributed by atoms with Crippen LogP contribution < -0.4 is 10.1 Å². The molecule has 0 bridgehead atoms. The van der Waals surface area contributed by atoms with Crippen molar-refractivity contribution in [2.75, 3.05) is 18.5 Å². The number of benzene rings is 3. The Morgan fingerprint density at radius 2 is 1.76 bits per heavy atom. The first kappa shape index (κ1) is 23.3. The Kier molecular flexibility index (Phi) is 7.39. The highest BCUT2D eigenvalue weighted by Crippen LogP contribution is 2.34. The van der Waals surface area contributed by atoms with Crippen LogP contribution in [0.2, 0.25) is 0 Å². The molecule has 8 heteroatoms. The summed E-state index contributed by atoms with van der Waals surface area (Å²) in [6.07, 6.45) is 1.79. The van der Waals surface area contributed by atoms with E-state index < -0.39 is 0 Å². The van der Waals surface area contributed by atoms with E-state index in [-0.39, 0.29) is 24.2 Å². The van der Waals surface area contributed by atoms with Gasteiger partial charge < -0.3 is 10.1 Å². The Labute approximate surface area is 201 Å². The summed E-state index contributed by atoms with van der Waals surface area (Å²) in [5.41, 5.74) is 2.10. The lowest BCUT2D eigenvalue weighted by Gasteiger charge is -2.11. The quantitative estimate of drug-likeness (QED) is 0.460. The molecule has 0 unspecified atom stereocenters. The zero-order chi connectivity index (χ0) is 23.9. The first-order chi connectivity index (χ1) is 16.5. The fraction of sp³-hybridized carbons (Fsp3) is 0.115. The Morgan fingerprint density at radius 3 is 2.44 bits per heavy atom. The average Bonchev–Trinajstić information content (AvgIpc) is 3.14. The van der Waals surface area contributed by atoms with Gasteiger partial charge in [0, 0.05) is 12.2 Å². The summed E-state index contributed by atoms with van der Waals surface area (Å²) in [6.45, 7) is 2.24. The molecule has 1 heterocycles. The molecule has 3 aromatic rings. The van der Waals surface area contributed by atoms with E-state index in [0.717, 1.165) is 5.56 Å². The van der Waals surface area contributed by atoms with Crippen molar-refractivity contribution in [3.63, 3.8) is 0 Å². The number of thioether (sulfide) groups is 1. The first-order valence-electron chi connectivity index (χ1n) is 10.7. The van der Waals surface area contributed by atoms with E-state index in [1.807, 2.05) is 37.3 Å². The molecule has 1 fully saturated rings. The molecular formula is C26H22FN3O3S. The predicted molar refractivity (Wildman–Crippen MR) is 133 cm³/mol. The summed E-state index contributed by atoms with van der Waals surface area (Å²) < 4.78 is 18.7. The standard InChI is InChI=1S/C26H22FN3O3S/c1-2-30-25(32)23(34-26(30)29-21-12-10-19(27)11-13-21)16-18-8-14-22(15-9-18)33-17-24(31)28-20-6-4-3-5-7-20/h3-16H,2,17H2,1H3,(H,28,31)/b23-16+,29-26?. The number of likely N-dealkylation sites (N-methyl/N-ethyl adjacent to an activating group) is 1. The minimum Gasteiger partial charge on any atom is -0.484 e. The smallest absolute Gasteiger partial charge is 0.266 e. The molecular weight excluding hydrogens is 453 g/mol. The molecule has 3 aromatic carbocycles. The largest absolute Gasteiger partial charge is 0.484 e. The van der Waals surface area contributed by atoms with Gasteiger partial charge in [0.15, 0.2) is 11.8 Å². The highest BCUT2D eigenvalue weighted by molar-refractivity contribution is 8.18. The molecule has 172 valence electrons. The predicted octanol–water partition coefficient (Wildman–Crippen LogP) is 5.47. The maximum Gasteiger partial charge on any atom is 0.266 e. The zero-order valence-corrected chi connectivity index (χ0v) is 19.2. The van der Waals surface area contributed by atoms with Crippen LogP contribution in [0.15, 0.2) is 88.8 Å². The number of carbonyl (C=O) groups is 2. The van der Waals surface area contributed by atoms with E-state index in [1.54, 1.807) is 47.4 Å². The third-order valence-electron chi connectivity index (χ3n) is 4.86. The van der Waals surface area contributed by atoms with Gasteiger partial charge in [-0.3, -0.25) is 14.5 Å². The van der Waals surface area contributed by atoms with E-state index in [2.05, 4.69) is 10.3 Å². The van der Waals surface area contributed by atoms with Crippen molar-refractivity contribution in [2.45, 2.75) is 6.92 Å². The van der Waals surface area contributed by atoms with E-state index in [0.29, 0.717) is 33.7 Å². The fourth-order valence-electron chi connectivity index (χ4n) is 3.18. The lowest BCUT2D eigenvalue weighted by Crippen LogP contribution is -2.28. The molecule has 34 heavy (non-hydrogen) atoms. The number of rotatable bonds is 7. The van der Waals surface area contributed by atoms with Crippen LogP contribution in [0.4, 0.5) is 15.8 Å². The Balaban J connectivity index is 1.40. The lowest BCUT2D eigenvalue weighted by atomic mass is 10.2. The minimum absolute atomic E-state index is 0.113. The molecule has 0 spiro atoms. The van der Waals surface area contributed by atoms with Crippen molar-refractivity contribution in [3.05, 3.63) is 95.1 Å². The van der Waals surface area contributed by atoms with Gasteiger partial charge in [-0.25, -0.2) is 9.38 Å². The second-order valence-corrected chi connectivity index (χ2v) is 8.31. The van der Waals surface area contributed by atoms with Gasteiger partial charge in [-0.05, 0) is 78.9 Å². The van der Waals surface area contributed by atoms with Crippen LogP contribution in [-0.2, 0) is 9.59 Å². The number of anilines is 1. The molecule has 1 aliphatic heterocycles. The van der Waals surface area contributed by atoms with Gasteiger partial charge in [0.05, 0.1) is 10.6 Å². The molecule has 0 saturated carbocycles. The number of carbonyl (C=O) groups excluding carboxylic acids is 2. The van der Waals surface area contributed by atoms with E-state index in [1.165, 1.54) is 23.9 Å². The Hall–Kier alpha value is -3.91. The number of hydrogen-bond acceptors (Lipinski definition) is 5. The van der Waals surface area contributed by atoms with Crippen molar-refractivity contribution in [3.8, 4) is 5.75 Å². The normalized spacial score (nSPS) is 15.7. The molecule has 4 rings (SSSR count). The number of ether oxygens (including phenoxy) is 1. The van der Waals surface area contributed by atoms with Gasteiger partial charge in [-0.2, -0.15) is 0 Å². The number of nitrogens with one attached hydrogen (secondary N) is 1. The van der Waals surface area contributed by atoms with Crippen LogP contribution in [0.1, 0.15) is 12.5 Å². The van der Waals surface area contributed by atoms with E-state index >= 15 is 0 Å². The lowest BCUT2D eigenvalue weighted by molar-refractivity contribution is -0.122. The molecule has 1 saturated heterocycles. The minimum atomic E-state index is -0.337. The zero-order valence-electron chi connectivity index (χ0n) is 18.4. The van der Waals surface area contributed by atoms with Crippen LogP contribution in [0.25, 0.3) is 6.08 Å². The van der Waals surface area contributed by atoms with Gasteiger partial charge in [0.2, 0.25) is 0 Å². The van der Waals surface area contributed by atoms with Crippen LogP contribution in [0.5, 0.6) is 5.75 Å². The Morgan fingerprint density at radius 1 is 1.06 bits per heavy atom. The molecule has 0 aromatic heterocycles. The second-order valence-electron chi connectivity index (χ2n) is 7.30. The topological polar surface area (TPSA) is 71.0 Å². The van der Waals surface area contributed by atoms with Gasteiger partial charge in [0.1, 0.15) is 11.6 Å². The summed E-state index contributed by atoms with van der Waals surface area (Å²) in [7, 11) is 0. The summed E-state index contributed by atoms with van der Waals surface area (Å²) in [4.78, 5) is 31.5.